The lowest BCUT2D eigenvalue weighted by Crippen LogP contribution is -2.12. The maximum atomic E-state index is 13.3. The van der Waals surface area contributed by atoms with Crippen LogP contribution in [0.2, 0.25) is 5.02 Å². The maximum absolute atomic E-state index is 13.3. The van der Waals surface area contributed by atoms with Crippen LogP contribution in [0.15, 0.2) is 12.1 Å². The van der Waals surface area contributed by atoms with Gasteiger partial charge in [-0.05, 0) is 23.1 Å². The van der Waals surface area contributed by atoms with Crippen molar-refractivity contribution in [2.45, 2.75) is 26.2 Å². The van der Waals surface area contributed by atoms with Crippen LogP contribution in [0.1, 0.15) is 31.9 Å². The lowest BCUT2D eigenvalue weighted by molar-refractivity contribution is 0.571. The summed E-state index contributed by atoms with van der Waals surface area (Å²) in [6.07, 6.45) is 0. The molecule has 0 atom stereocenters. The van der Waals surface area contributed by atoms with Gasteiger partial charge in [-0.15, -0.1) is 0 Å². The molecule has 0 saturated carbocycles. The van der Waals surface area contributed by atoms with E-state index in [9.17, 15) is 4.39 Å². The van der Waals surface area contributed by atoms with E-state index >= 15 is 0 Å². The summed E-state index contributed by atoms with van der Waals surface area (Å²) in [6.45, 7) is 5.83. The molecule has 0 unspecified atom stereocenters. The molecule has 0 amide bonds. The van der Waals surface area contributed by atoms with Gasteiger partial charge in [0.1, 0.15) is 11.9 Å². The monoisotopic (exact) mass is 211 g/mol. The molecule has 1 aromatic rings. The molecule has 0 saturated heterocycles. The molecule has 0 fully saturated rings. The Balaban J connectivity index is 3.38. The summed E-state index contributed by atoms with van der Waals surface area (Å²) >= 11 is 5.95. The third-order valence-corrected chi connectivity index (χ3v) is 2.30. The molecule has 1 nitrogen and oxygen atoms in total. The van der Waals surface area contributed by atoms with Crippen LogP contribution in [0.5, 0.6) is 0 Å². The van der Waals surface area contributed by atoms with Gasteiger partial charge in [0, 0.05) is 5.02 Å². The van der Waals surface area contributed by atoms with E-state index in [-0.39, 0.29) is 11.0 Å². The van der Waals surface area contributed by atoms with Gasteiger partial charge in [0.2, 0.25) is 0 Å². The summed E-state index contributed by atoms with van der Waals surface area (Å²) in [5.41, 5.74) is 0.491. The Labute approximate surface area is 88.1 Å². The van der Waals surface area contributed by atoms with Crippen molar-refractivity contribution in [3.8, 4) is 6.07 Å². The number of halogens is 2. The summed E-state index contributed by atoms with van der Waals surface area (Å²) in [5, 5.41) is 9.03. The number of nitriles is 1. The number of rotatable bonds is 0. The summed E-state index contributed by atoms with van der Waals surface area (Å²) < 4.78 is 13.3. The number of hydrogen-bond donors (Lipinski definition) is 0. The second-order valence-electron chi connectivity index (χ2n) is 4.17. The van der Waals surface area contributed by atoms with Gasteiger partial charge < -0.3 is 0 Å². The van der Waals surface area contributed by atoms with Crippen molar-refractivity contribution in [2.75, 3.05) is 0 Å². The molecule has 0 spiro atoms. The molecule has 0 N–H and O–H groups in total. The minimum absolute atomic E-state index is 0.0111. The fraction of sp³-hybridized carbons (Fsp3) is 0.364. The first-order chi connectivity index (χ1) is 6.36. The van der Waals surface area contributed by atoms with Crippen molar-refractivity contribution in [2.24, 2.45) is 0 Å². The van der Waals surface area contributed by atoms with Gasteiger partial charge in [0.15, 0.2) is 0 Å². The SMILES string of the molecule is CC(C)(C)c1cc(F)c(C#N)cc1Cl. The Bertz CT molecular complexity index is 399. The zero-order valence-corrected chi connectivity index (χ0v) is 9.11. The van der Waals surface area contributed by atoms with Crippen molar-refractivity contribution in [1.29, 1.82) is 5.26 Å². The van der Waals surface area contributed by atoms with E-state index < -0.39 is 5.82 Å². The Kier molecular flexibility index (Phi) is 2.82. The summed E-state index contributed by atoms with van der Waals surface area (Å²) in [7, 11) is 0. The molecular weight excluding hydrogens is 201 g/mol. The zero-order chi connectivity index (χ0) is 10.9. The fourth-order valence-corrected chi connectivity index (χ4v) is 1.65. The van der Waals surface area contributed by atoms with Crippen LogP contribution >= 0.6 is 11.6 Å². The van der Waals surface area contributed by atoms with E-state index in [1.807, 2.05) is 20.8 Å². The van der Waals surface area contributed by atoms with Crippen LogP contribution in [0.25, 0.3) is 0 Å². The van der Waals surface area contributed by atoms with Crippen molar-refractivity contribution >= 4 is 11.6 Å². The third kappa shape index (κ3) is 2.05. The molecule has 1 rings (SSSR count). The summed E-state index contributed by atoms with van der Waals surface area (Å²) in [6, 6.07) is 4.46. The second kappa shape index (κ2) is 3.59. The standard InChI is InChI=1S/C11H11ClFN/c1-11(2,3)8-5-10(13)7(6-14)4-9(8)12/h4-5H,1-3H3. The maximum Gasteiger partial charge on any atom is 0.141 e. The normalized spacial score (nSPS) is 11.1. The molecule has 0 aliphatic heterocycles. The van der Waals surface area contributed by atoms with Crippen LogP contribution in [0.4, 0.5) is 4.39 Å². The van der Waals surface area contributed by atoms with E-state index in [2.05, 4.69) is 0 Å². The molecule has 0 aromatic heterocycles. The number of benzene rings is 1. The highest BCUT2D eigenvalue weighted by Gasteiger charge is 2.19. The highest BCUT2D eigenvalue weighted by Crippen LogP contribution is 2.31. The van der Waals surface area contributed by atoms with Gasteiger partial charge in [-0.25, -0.2) is 4.39 Å². The van der Waals surface area contributed by atoms with Crippen molar-refractivity contribution in [1.82, 2.24) is 0 Å². The highest BCUT2D eigenvalue weighted by atomic mass is 35.5. The molecule has 0 aliphatic rings. The zero-order valence-electron chi connectivity index (χ0n) is 8.36. The second-order valence-corrected chi connectivity index (χ2v) is 4.58. The summed E-state index contributed by atoms with van der Waals surface area (Å²) in [5.74, 6) is -0.512. The average molecular weight is 212 g/mol. The number of nitrogens with zero attached hydrogens (tertiary/aromatic N) is 1. The lowest BCUT2D eigenvalue weighted by atomic mass is 9.86. The molecule has 74 valence electrons. The van der Waals surface area contributed by atoms with Gasteiger partial charge >= 0.3 is 0 Å². The summed E-state index contributed by atoms with van der Waals surface area (Å²) in [4.78, 5) is 0. The average Bonchev–Trinajstić information content (AvgIpc) is 2.06. The Hall–Kier alpha value is -1.07. The Morgan fingerprint density at radius 3 is 2.36 bits per heavy atom. The first-order valence-electron chi connectivity index (χ1n) is 4.26. The third-order valence-electron chi connectivity index (χ3n) is 1.99. The van der Waals surface area contributed by atoms with Gasteiger partial charge in [0.25, 0.3) is 0 Å². The molecule has 3 heteroatoms. The molecule has 0 heterocycles. The number of hydrogen-bond acceptors (Lipinski definition) is 1. The van der Waals surface area contributed by atoms with E-state index in [4.69, 9.17) is 16.9 Å². The van der Waals surface area contributed by atoms with Gasteiger partial charge in [-0.3, -0.25) is 0 Å². The van der Waals surface area contributed by atoms with Crippen LogP contribution < -0.4 is 0 Å². The first-order valence-corrected chi connectivity index (χ1v) is 4.63. The largest absolute Gasteiger partial charge is 0.206 e. The molecule has 0 aliphatic carbocycles. The topological polar surface area (TPSA) is 23.8 Å². The Morgan fingerprint density at radius 1 is 1.36 bits per heavy atom. The molecule has 0 radical (unpaired) electrons. The van der Waals surface area contributed by atoms with Gasteiger partial charge in [-0.2, -0.15) is 5.26 Å². The van der Waals surface area contributed by atoms with Crippen molar-refractivity contribution in [3.05, 3.63) is 34.1 Å². The Morgan fingerprint density at radius 2 is 1.93 bits per heavy atom. The molecular formula is C11H11ClFN. The molecule has 0 bridgehead atoms. The van der Waals surface area contributed by atoms with Crippen LogP contribution in [-0.2, 0) is 5.41 Å². The first kappa shape index (κ1) is 11.0. The minimum Gasteiger partial charge on any atom is -0.206 e. The van der Waals surface area contributed by atoms with Crippen molar-refractivity contribution in [3.63, 3.8) is 0 Å². The van der Waals surface area contributed by atoms with E-state index in [0.717, 1.165) is 5.56 Å². The minimum atomic E-state index is -0.512. The molecule has 1 aromatic carbocycles. The van der Waals surface area contributed by atoms with Gasteiger partial charge in [0.05, 0.1) is 5.56 Å². The van der Waals surface area contributed by atoms with Gasteiger partial charge in [-0.1, -0.05) is 32.4 Å². The highest BCUT2D eigenvalue weighted by molar-refractivity contribution is 6.31. The van der Waals surface area contributed by atoms with Crippen molar-refractivity contribution < 1.29 is 4.39 Å². The van der Waals surface area contributed by atoms with E-state index in [0.29, 0.717) is 5.02 Å². The molecule has 14 heavy (non-hydrogen) atoms. The predicted molar refractivity (Wildman–Crippen MR) is 54.8 cm³/mol. The smallest absolute Gasteiger partial charge is 0.141 e. The van der Waals surface area contributed by atoms with Crippen LogP contribution in [-0.4, -0.2) is 0 Å². The fourth-order valence-electron chi connectivity index (χ4n) is 1.21. The van der Waals surface area contributed by atoms with E-state index in [1.165, 1.54) is 12.1 Å². The predicted octanol–water partition coefficient (Wildman–Crippen LogP) is 3.65. The van der Waals surface area contributed by atoms with Crippen LogP contribution in [0.3, 0.4) is 0 Å². The van der Waals surface area contributed by atoms with Crippen LogP contribution in [0, 0.1) is 17.1 Å². The quantitative estimate of drug-likeness (QED) is 0.643. The lowest BCUT2D eigenvalue weighted by Gasteiger charge is -2.20. The van der Waals surface area contributed by atoms with E-state index in [1.54, 1.807) is 6.07 Å².